The molecule has 0 radical (unpaired) electrons. The van der Waals surface area contributed by atoms with E-state index in [0.717, 1.165) is 13.2 Å². The summed E-state index contributed by atoms with van der Waals surface area (Å²) in [5.41, 5.74) is 0.446. The molecule has 0 spiro atoms. The van der Waals surface area contributed by atoms with Crippen LogP contribution < -0.4 is 5.32 Å². The fourth-order valence-electron chi connectivity index (χ4n) is 5.02. The molecule has 1 atom stereocenters. The van der Waals surface area contributed by atoms with Crippen molar-refractivity contribution in [1.29, 1.82) is 0 Å². The van der Waals surface area contributed by atoms with Crippen LogP contribution in [0.5, 0.6) is 0 Å². The van der Waals surface area contributed by atoms with Crippen LogP contribution in [0.3, 0.4) is 0 Å². The lowest BCUT2D eigenvalue weighted by Crippen LogP contribution is -2.59. The third-order valence-electron chi connectivity index (χ3n) is 6.73. The summed E-state index contributed by atoms with van der Waals surface area (Å²) in [6, 6.07) is 0. The van der Waals surface area contributed by atoms with E-state index < -0.39 is 0 Å². The third kappa shape index (κ3) is 15.4. The topological polar surface area (TPSA) is 21.3 Å². The van der Waals surface area contributed by atoms with Crippen molar-refractivity contribution in [2.75, 3.05) is 13.2 Å². The number of unbranched alkanes of at least 4 members (excludes halogenated alkanes) is 15. The average Bonchev–Trinajstić information content (AvgIpc) is 2.66. The summed E-state index contributed by atoms with van der Waals surface area (Å²) in [4.78, 5) is 0. The van der Waals surface area contributed by atoms with Gasteiger partial charge in [0.15, 0.2) is 0 Å². The van der Waals surface area contributed by atoms with Crippen molar-refractivity contribution >= 4 is 0 Å². The standard InChI is InChI=1S/C27H55NO/c1-5-6-7-8-9-10-11-12-13-14-15-16-17-18-19-20-24-29-25-27(4)23-21-22-26(2,3)28-27/h28H,5-25H2,1-4H3. The molecule has 1 aliphatic heterocycles. The van der Waals surface area contributed by atoms with Gasteiger partial charge in [-0.25, -0.2) is 0 Å². The van der Waals surface area contributed by atoms with Crippen LogP contribution in [0, 0.1) is 0 Å². The Hall–Kier alpha value is -0.0800. The largest absolute Gasteiger partial charge is 0.380 e. The van der Waals surface area contributed by atoms with E-state index in [0.29, 0.717) is 0 Å². The van der Waals surface area contributed by atoms with Crippen molar-refractivity contribution in [1.82, 2.24) is 5.32 Å². The lowest BCUT2D eigenvalue weighted by Gasteiger charge is -2.44. The fourth-order valence-corrected chi connectivity index (χ4v) is 5.02. The van der Waals surface area contributed by atoms with Gasteiger partial charge in [-0.3, -0.25) is 0 Å². The van der Waals surface area contributed by atoms with Gasteiger partial charge in [-0.2, -0.15) is 0 Å². The SMILES string of the molecule is CCCCCCCCCCCCCCCCCCOCC1(C)CCCC(C)(C)N1. The molecule has 1 saturated heterocycles. The molecule has 29 heavy (non-hydrogen) atoms. The molecule has 2 heteroatoms. The van der Waals surface area contributed by atoms with E-state index >= 15 is 0 Å². The third-order valence-corrected chi connectivity index (χ3v) is 6.73. The highest BCUT2D eigenvalue weighted by Gasteiger charge is 2.35. The van der Waals surface area contributed by atoms with Crippen molar-refractivity contribution in [2.45, 2.75) is 161 Å². The Labute approximate surface area is 184 Å². The molecule has 174 valence electrons. The second kappa shape index (κ2) is 16.6. The number of nitrogens with one attached hydrogen (secondary N) is 1. The van der Waals surface area contributed by atoms with Gasteiger partial charge in [0.25, 0.3) is 0 Å². The molecular weight excluding hydrogens is 354 g/mol. The summed E-state index contributed by atoms with van der Waals surface area (Å²) in [6.45, 7) is 11.1. The first-order valence-corrected chi connectivity index (χ1v) is 13.3. The van der Waals surface area contributed by atoms with Crippen LogP contribution in [0.1, 0.15) is 150 Å². The Morgan fingerprint density at radius 2 is 1.07 bits per heavy atom. The highest BCUT2D eigenvalue weighted by Crippen LogP contribution is 2.28. The van der Waals surface area contributed by atoms with Crippen LogP contribution in [0.25, 0.3) is 0 Å². The zero-order valence-corrected chi connectivity index (χ0v) is 20.8. The predicted octanol–water partition coefficient (Wildman–Crippen LogP) is 8.58. The maximum atomic E-state index is 6.03. The monoisotopic (exact) mass is 409 g/mol. The first-order valence-electron chi connectivity index (χ1n) is 13.3. The maximum Gasteiger partial charge on any atom is 0.0645 e. The molecule has 0 amide bonds. The summed E-state index contributed by atoms with van der Waals surface area (Å²) < 4.78 is 6.03. The van der Waals surface area contributed by atoms with E-state index in [9.17, 15) is 0 Å². The lowest BCUT2D eigenvalue weighted by molar-refractivity contribution is 0.0372. The van der Waals surface area contributed by atoms with Gasteiger partial charge in [0.2, 0.25) is 0 Å². The van der Waals surface area contributed by atoms with Crippen molar-refractivity contribution in [3.05, 3.63) is 0 Å². The normalized spacial score (nSPS) is 21.5. The highest BCUT2D eigenvalue weighted by molar-refractivity contribution is 4.96. The van der Waals surface area contributed by atoms with Crippen molar-refractivity contribution in [3.8, 4) is 0 Å². The van der Waals surface area contributed by atoms with Crippen LogP contribution >= 0.6 is 0 Å². The van der Waals surface area contributed by atoms with Gasteiger partial charge in [0.1, 0.15) is 0 Å². The van der Waals surface area contributed by atoms with Crippen LogP contribution in [-0.4, -0.2) is 24.3 Å². The summed E-state index contributed by atoms with van der Waals surface area (Å²) >= 11 is 0. The number of piperidine rings is 1. The molecular formula is C27H55NO. The number of ether oxygens (including phenoxy) is 1. The lowest BCUT2D eigenvalue weighted by atomic mass is 9.82. The molecule has 2 nitrogen and oxygen atoms in total. The molecule has 1 heterocycles. The quantitative estimate of drug-likeness (QED) is 0.216. The van der Waals surface area contributed by atoms with E-state index in [1.54, 1.807) is 0 Å². The van der Waals surface area contributed by atoms with Gasteiger partial charge < -0.3 is 10.1 Å². The van der Waals surface area contributed by atoms with E-state index in [1.165, 1.54) is 122 Å². The van der Waals surface area contributed by atoms with Crippen LogP contribution in [0.2, 0.25) is 0 Å². The van der Waals surface area contributed by atoms with Crippen LogP contribution in [0.15, 0.2) is 0 Å². The summed E-state index contributed by atoms with van der Waals surface area (Å²) in [5, 5.41) is 3.80. The first kappa shape index (κ1) is 27.0. The average molecular weight is 410 g/mol. The van der Waals surface area contributed by atoms with Gasteiger partial charge in [0, 0.05) is 17.7 Å². The second-order valence-electron chi connectivity index (χ2n) is 10.8. The van der Waals surface area contributed by atoms with Gasteiger partial charge in [0.05, 0.1) is 6.61 Å². The molecule has 1 rings (SSSR count). The molecule has 1 aliphatic rings. The molecule has 1 N–H and O–H groups in total. The first-order chi connectivity index (χ1) is 14.0. The minimum atomic E-state index is 0.177. The van der Waals surface area contributed by atoms with Crippen LogP contribution in [0.4, 0.5) is 0 Å². The Morgan fingerprint density at radius 1 is 0.621 bits per heavy atom. The summed E-state index contributed by atoms with van der Waals surface area (Å²) in [7, 11) is 0. The van der Waals surface area contributed by atoms with Gasteiger partial charge in [-0.1, -0.05) is 103 Å². The molecule has 0 aromatic rings. The van der Waals surface area contributed by atoms with Gasteiger partial charge in [-0.15, -0.1) is 0 Å². The fraction of sp³-hybridized carbons (Fsp3) is 1.00. The molecule has 0 aromatic heterocycles. The Morgan fingerprint density at radius 3 is 1.52 bits per heavy atom. The Kier molecular flexibility index (Phi) is 15.4. The van der Waals surface area contributed by atoms with Crippen molar-refractivity contribution in [3.63, 3.8) is 0 Å². The predicted molar refractivity (Wildman–Crippen MR) is 130 cm³/mol. The Balaban J connectivity index is 1.77. The molecule has 0 aliphatic carbocycles. The van der Waals surface area contributed by atoms with Gasteiger partial charge in [-0.05, 0) is 46.5 Å². The van der Waals surface area contributed by atoms with E-state index in [-0.39, 0.29) is 11.1 Å². The molecule has 0 aromatic carbocycles. The molecule has 0 saturated carbocycles. The zero-order valence-electron chi connectivity index (χ0n) is 20.8. The smallest absolute Gasteiger partial charge is 0.0645 e. The summed E-state index contributed by atoms with van der Waals surface area (Å²) in [5.74, 6) is 0. The number of hydrogen-bond donors (Lipinski definition) is 1. The summed E-state index contributed by atoms with van der Waals surface area (Å²) in [6.07, 6.45) is 26.6. The van der Waals surface area contributed by atoms with E-state index in [4.69, 9.17) is 4.74 Å². The molecule has 1 fully saturated rings. The molecule has 0 bridgehead atoms. The van der Waals surface area contributed by atoms with Crippen LogP contribution in [-0.2, 0) is 4.74 Å². The van der Waals surface area contributed by atoms with Crippen molar-refractivity contribution in [2.24, 2.45) is 0 Å². The second-order valence-corrected chi connectivity index (χ2v) is 10.8. The zero-order chi connectivity index (χ0) is 21.3. The maximum absolute atomic E-state index is 6.03. The van der Waals surface area contributed by atoms with E-state index in [2.05, 4.69) is 33.0 Å². The van der Waals surface area contributed by atoms with E-state index in [1.807, 2.05) is 0 Å². The van der Waals surface area contributed by atoms with Gasteiger partial charge >= 0.3 is 0 Å². The molecule has 1 unspecified atom stereocenters. The highest BCUT2D eigenvalue weighted by atomic mass is 16.5. The van der Waals surface area contributed by atoms with Crippen molar-refractivity contribution < 1.29 is 4.74 Å². The minimum Gasteiger partial charge on any atom is -0.380 e. The Bertz CT molecular complexity index is 368. The number of hydrogen-bond acceptors (Lipinski definition) is 2. The number of rotatable bonds is 19. The minimum absolute atomic E-state index is 0.177.